The average molecular weight is 306 g/mol. The van der Waals surface area contributed by atoms with E-state index in [9.17, 15) is 4.79 Å². The van der Waals surface area contributed by atoms with Gasteiger partial charge in [-0.05, 0) is 30.9 Å². The average Bonchev–Trinajstić information content (AvgIpc) is 2.97. The van der Waals surface area contributed by atoms with Crippen LogP contribution < -0.4 is 4.74 Å². The first kappa shape index (κ1) is 16.8. The molecule has 122 valence electrons. The number of hydrogen-bond donors (Lipinski definition) is 1. The first-order chi connectivity index (χ1) is 10.8. The Morgan fingerprint density at radius 2 is 1.82 bits per heavy atom. The van der Waals surface area contributed by atoms with Crippen molar-refractivity contribution < 1.29 is 19.4 Å². The van der Waals surface area contributed by atoms with Crippen LogP contribution in [0.5, 0.6) is 5.75 Å². The molecule has 1 saturated heterocycles. The van der Waals surface area contributed by atoms with Crippen molar-refractivity contribution in [3.05, 3.63) is 30.3 Å². The predicted molar refractivity (Wildman–Crippen MR) is 85.1 cm³/mol. The van der Waals surface area contributed by atoms with E-state index in [0.29, 0.717) is 24.9 Å². The summed E-state index contributed by atoms with van der Waals surface area (Å²) in [5, 5.41) is 8.60. The van der Waals surface area contributed by atoms with Gasteiger partial charge in [-0.15, -0.1) is 0 Å². The second-order valence-electron chi connectivity index (χ2n) is 6.03. The van der Waals surface area contributed by atoms with Crippen molar-refractivity contribution >= 4 is 5.97 Å². The minimum absolute atomic E-state index is 0.292. The highest BCUT2D eigenvalue weighted by Gasteiger charge is 2.28. The number of benzene rings is 1. The van der Waals surface area contributed by atoms with Crippen LogP contribution in [0, 0.1) is 11.8 Å². The molecule has 1 aromatic carbocycles. The zero-order valence-electron chi connectivity index (χ0n) is 13.1. The second kappa shape index (κ2) is 9.46. The van der Waals surface area contributed by atoms with Gasteiger partial charge in [0.15, 0.2) is 0 Å². The van der Waals surface area contributed by atoms with Crippen LogP contribution in [0.2, 0.25) is 0 Å². The maximum absolute atomic E-state index is 10.4. The van der Waals surface area contributed by atoms with Gasteiger partial charge in [-0.25, -0.2) is 0 Å². The molecule has 0 amide bonds. The third-order valence-electron chi connectivity index (χ3n) is 4.25. The van der Waals surface area contributed by atoms with Crippen molar-refractivity contribution in [2.24, 2.45) is 11.8 Å². The van der Waals surface area contributed by atoms with Gasteiger partial charge in [0.05, 0.1) is 13.2 Å². The Bertz CT molecular complexity index is 432. The third-order valence-corrected chi connectivity index (χ3v) is 4.25. The third kappa shape index (κ3) is 6.06. The van der Waals surface area contributed by atoms with E-state index in [-0.39, 0.29) is 0 Å². The van der Waals surface area contributed by atoms with Crippen LogP contribution in [0.15, 0.2) is 30.3 Å². The first-order valence-electron chi connectivity index (χ1n) is 8.23. The number of hydrogen-bond acceptors (Lipinski definition) is 3. The molecule has 2 atom stereocenters. The largest absolute Gasteiger partial charge is 0.493 e. The molecule has 0 saturated carbocycles. The Morgan fingerprint density at radius 3 is 2.59 bits per heavy atom. The van der Waals surface area contributed by atoms with Crippen molar-refractivity contribution in [2.75, 3.05) is 19.8 Å². The van der Waals surface area contributed by atoms with Crippen molar-refractivity contribution in [1.29, 1.82) is 0 Å². The van der Waals surface area contributed by atoms with Gasteiger partial charge in [-0.1, -0.05) is 37.5 Å². The number of rotatable bonds is 10. The van der Waals surface area contributed by atoms with E-state index in [1.807, 2.05) is 30.3 Å². The Kier molecular flexibility index (Phi) is 7.23. The lowest BCUT2D eigenvalue weighted by atomic mass is 9.91. The number of para-hydroxylation sites is 1. The predicted octanol–water partition coefficient (Wildman–Crippen LogP) is 3.75. The molecule has 4 heteroatoms. The molecule has 1 heterocycles. The fraction of sp³-hybridized carbons (Fsp3) is 0.611. The molecule has 22 heavy (non-hydrogen) atoms. The number of aliphatic carboxylic acids is 1. The summed E-state index contributed by atoms with van der Waals surface area (Å²) in [6.07, 6.45) is 5.49. The quantitative estimate of drug-likeness (QED) is 0.669. The minimum atomic E-state index is -0.692. The summed E-state index contributed by atoms with van der Waals surface area (Å²) in [5.41, 5.74) is 0. The van der Waals surface area contributed by atoms with Crippen LogP contribution >= 0.6 is 0 Å². The summed E-state index contributed by atoms with van der Waals surface area (Å²) in [6, 6.07) is 9.91. The molecule has 0 radical (unpaired) electrons. The van der Waals surface area contributed by atoms with Gasteiger partial charge in [-0.3, -0.25) is 4.79 Å². The molecule has 0 aliphatic carbocycles. The molecule has 0 spiro atoms. The summed E-state index contributed by atoms with van der Waals surface area (Å²) >= 11 is 0. The van der Waals surface area contributed by atoms with Gasteiger partial charge in [-0.2, -0.15) is 0 Å². The summed E-state index contributed by atoms with van der Waals surface area (Å²) in [7, 11) is 0. The molecule has 1 aliphatic rings. The van der Waals surface area contributed by atoms with E-state index < -0.39 is 5.97 Å². The lowest BCUT2D eigenvalue weighted by Gasteiger charge is -2.18. The highest BCUT2D eigenvalue weighted by molar-refractivity contribution is 5.66. The number of ether oxygens (including phenoxy) is 2. The fourth-order valence-electron chi connectivity index (χ4n) is 2.90. The molecular formula is C18H26O4. The van der Waals surface area contributed by atoms with Crippen LogP contribution in [-0.2, 0) is 9.53 Å². The molecule has 1 aliphatic heterocycles. The smallest absolute Gasteiger partial charge is 0.303 e. The Hall–Kier alpha value is -1.55. The molecule has 0 bridgehead atoms. The van der Waals surface area contributed by atoms with Crippen LogP contribution in [0.25, 0.3) is 0 Å². The van der Waals surface area contributed by atoms with Crippen LogP contribution in [0.1, 0.15) is 38.5 Å². The second-order valence-corrected chi connectivity index (χ2v) is 6.03. The number of unbranched alkanes of at least 4 members (excludes halogenated alkanes) is 3. The van der Waals surface area contributed by atoms with Crippen molar-refractivity contribution in [3.8, 4) is 5.75 Å². The van der Waals surface area contributed by atoms with Gasteiger partial charge in [0.1, 0.15) is 5.75 Å². The summed E-state index contributed by atoms with van der Waals surface area (Å²) in [6.45, 7) is 2.34. The molecule has 0 aromatic heterocycles. The minimum Gasteiger partial charge on any atom is -0.493 e. The number of carboxylic acids is 1. The van der Waals surface area contributed by atoms with Crippen molar-refractivity contribution in [2.45, 2.75) is 38.5 Å². The molecule has 2 rings (SSSR count). The molecule has 1 aromatic rings. The normalized spacial score (nSPS) is 20.9. The maximum atomic E-state index is 10.4. The molecule has 4 nitrogen and oxygen atoms in total. The monoisotopic (exact) mass is 306 g/mol. The zero-order chi connectivity index (χ0) is 15.6. The fourth-order valence-corrected chi connectivity index (χ4v) is 2.90. The maximum Gasteiger partial charge on any atom is 0.303 e. The standard InChI is InChI=1S/C18H26O4/c19-18(20)11-7-2-1-4-8-15-12-21-13-16(15)14-22-17-9-5-3-6-10-17/h3,5-6,9-10,15-16H,1-2,4,7-8,11-14H2,(H,19,20)/t15-,16-/m0/s1. The van der Waals surface area contributed by atoms with Crippen LogP contribution in [0.4, 0.5) is 0 Å². The van der Waals surface area contributed by atoms with Crippen molar-refractivity contribution in [1.82, 2.24) is 0 Å². The van der Waals surface area contributed by atoms with E-state index >= 15 is 0 Å². The topological polar surface area (TPSA) is 55.8 Å². The molecular weight excluding hydrogens is 280 g/mol. The van der Waals surface area contributed by atoms with E-state index in [0.717, 1.165) is 51.1 Å². The van der Waals surface area contributed by atoms with Gasteiger partial charge in [0, 0.05) is 18.9 Å². The van der Waals surface area contributed by atoms with Crippen molar-refractivity contribution in [3.63, 3.8) is 0 Å². The molecule has 1 N–H and O–H groups in total. The Balaban J connectivity index is 1.60. The first-order valence-corrected chi connectivity index (χ1v) is 8.23. The van der Waals surface area contributed by atoms with Crippen LogP contribution in [-0.4, -0.2) is 30.9 Å². The highest BCUT2D eigenvalue weighted by Crippen LogP contribution is 2.27. The summed E-state index contributed by atoms with van der Waals surface area (Å²) < 4.78 is 11.5. The van der Waals surface area contributed by atoms with E-state index in [4.69, 9.17) is 14.6 Å². The zero-order valence-corrected chi connectivity index (χ0v) is 13.1. The van der Waals surface area contributed by atoms with Gasteiger partial charge in [0.2, 0.25) is 0 Å². The number of carbonyl (C=O) groups is 1. The van der Waals surface area contributed by atoms with Gasteiger partial charge in [0.25, 0.3) is 0 Å². The van der Waals surface area contributed by atoms with E-state index in [2.05, 4.69) is 0 Å². The summed E-state index contributed by atoms with van der Waals surface area (Å²) in [4.78, 5) is 10.4. The van der Waals surface area contributed by atoms with Gasteiger partial charge >= 0.3 is 5.97 Å². The SMILES string of the molecule is O=C(O)CCCCCC[C@H]1COC[C@H]1COc1ccccc1. The Morgan fingerprint density at radius 1 is 1.09 bits per heavy atom. The summed E-state index contributed by atoms with van der Waals surface area (Å²) in [5.74, 6) is 1.27. The van der Waals surface area contributed by atoms with E-state index in [1.165, 1.54) is 0 Å². The lowest BCUT2D eigenvalue weighted by molar-refractivity contribution is -0.137. The van der Waals surface area contributed by atoms with Crippen LogP contribution in [0.3, 0.4) is 0 Å². The number of carboxylic acid groups (broad SMARTS) is 1. The lowest BCUT2D eigenvalue weighted by Crippen LogP contribution is -2.20. The van der Waals surface area contributed by atoms with Gasteiger partial charge < -0.3 is 14.6 Å². The molecule has 1 fully saturated rings. The van der Waals surface area contributed by atoms with E-state index in [1.54, 1.807) is 0 Å². The molecule has 0 unspecified atom stereocenters. The Labute approximate surface area is 132 Å². The highest BCUT2D eigenvalue weighted by atomic mass is 16.5.